The maximum atomic E-state index is 12.9. The van der Waals surface area contributed by atoms with E-state index in [-0.39, 0.29) is 24.0 Å². The van der Waals surface area contributed by atoms with Crippen LogP contribution in [0.3, 0.4) is 0 Å². The molecule has 0 fully saturated rings. The van der Waals surface area contributed by atoms with Crippen LogP contribution in [0.2, 0.25) is 5.02 Å². The van der Waals surface area contributed by atoms with Gasteiger partial charge in [-0.05, 0) is 35.9 Å². The molecule has 138 valence electrons. The van der Waals surface area contributed by atoms with Crippen molar-refractivity contribution >= 4 is 29.0 Å². The highest BCUT2D eigenvalue weighted by Crippen LogP contribution is 2.29. The summed E-state index contributed by atoms with van der Waals surface area (Å²) < 4.78 is 18.1. The van der Waals surface area contributed by atoms with Crippen LogP contribution in [0.15, 0.2) is 54.9 Å². The number of aromatic nitrogens is 2. The number of methoxy groups -OCH3 is 1. The topological polar surface area (TPSA) is 76.1 Å². The first-order chi connectivity index (χ1) is 13.0. The van der Waals surface area contributed by atoms with E-state index in [0.29, 0.717) is 22.3 Å². The molecule has 0 aliphatic carbocycles. The second-order valence-electron chi connectivity index (χ2n) is 5.57. The molecule has 6 nitrogen and oxygen atoms in total. The van der Waals surface area contributed by atoms with Crippen LogP contribution in [-0.2, 0) is 6.54 Å². The summed E-state index contributed by atoms with van der Waals surface area (Å²) in [7, 11) is 1.55. The standard InChI is InChI=1S/C19H16ClFN4O2/c1-27-17-7-4-13(20)8-15(17)25-18-11-22-16(10-23-18)19(26)24-9-12-2-5-14(21)6-3-12/h2-8,10-11H,9H2,1H3,(H,23,25)(H,24,26). The Bertz CT molecular complexity index is 933. The van der Waals surface area contributed by atoms with Crippen molar-refractivity contribution in [3.05, 3.63) is 77.0 Å². The second kappa shape index (κ2) is 8.46. The van der Waals surface area contributed by atoms with E-state index in [0.717, 1.165) is 5.56 Å². The third-order valence-electron chi connectivity index (χ3n) is 3.68. The SMILES string of the molecule is COc1ccc(Cl)cc1Nc1cnc(C(=O)NCc2ccc(F)cc2)cn1. The summed E-state index contributed by atoms with van der Waals surface area (Å²) in [5, 5.41) is 6.30. The van der Waals surface area contributed by atoms with Crippen LogP contribution in [0.4, 0.5) is 15.9 Å². The predicted octanol–water partition coefficient (Wildman–Crippen LogP) is 3.95. The van der Waals surface area contributed by atoms with Gasteiger partial charge in [-0.15, -0.1) is 0 Å². The second-order valence-corrected chi connectivity index (χ2v) is 6.00. The molecule has 1 aromatic heterocycles. The highest BCUT2D eigenvalue weighted by molar-refractivity contribution is 6.31. The van der Waals surface area contributed by atoms with Gasteiger partial charge in [0.15, 0.2) is 0 Å². The van der Waals surface area contributed by atoms with Gasteiger partial charge in [0.25, 0.3) is 5.91 Å². The van der Waals surface area contributed by atoms with Crippen molar-refractivity contribution in [1.82, 2.24) is 15.3 Å². The van der Waals surface area contributed by atoms with Gasteiger partial charge in [-0.3, -0.25) is 4.79 Å². The molecule has 0 unspecified atom stereocenters. The van der Waals surface area contributed by atoms with Gasteiger partial charge in [0.05, 0.1) is 25.2 Å². The average Bonchev–Trinajstić information content (AvgIpc) is 2.68. The lowest BCUT2D eigenvalue weighted by Crippen LogP contribution is -2.24. The van der Waals surface area contributed by atoms with Gasteiger partial charge in [-0.1, -0.05) is 23.7 Å². The van der Waals surface area contributed by atoms with Crippen molar-refractivity contribution in [2.24, 2.45) is 0 Å². The highest BCUT2D eigenvalue weighted by atomic mass is 35.5. The zero-order chi connectivity index (χ0) is 19.2. The fourth-order valence-corrected chi connectivity index (χ4v) is 2.47. The van der Waals surface area contributed by atoms with Gasteiger partial charge in [-0.2, -0.15) is 0 Å². The highest BCUT2D eigenvalue weighted by Gasteiger charge is 2.09. The van der Waals surface area contributed by atoms with Crippen molar-refractivity contribution in [2.45, 2.75) is 6.54 Å². The van der Waals surface area contributed by atoms with Crippen LogP contribution in [0.25, 0.3) is 0 Å². The molecule has 0 aliphatic rings. The minimum atomic E-state index is -0.376. The Morgan fingerprint density at radius 1 is 1.15 bits per heavy atom. The lowest BCUT2D eigenvalue weighted by atomic mass is 10.2. The van der Waals surface area contributed by atoms with Crippen molar-refractivity contribution in [3.63, 3.8) is 0 Å². The van der Waals surface area contributed by atoms with Gasteiger partial charge in [-0.25, -0.2) is 14.4 Å². The number of anilines is 2. The molecule has 27 heavy (non-hydrogen) atoms. The van der Waals surface area contributed by atoms with E-state index >= 15 is 0 Å². The number of ether oxygens (including phenoxy) is 1. The zero-order valence-corrected chi connectivity index (χ0v) is 15.1. The molecule has 2 aromatic carbocycles. The normalized spacial score (nSPS) is 10.3. The smallest absolute Gasteiger partial charge is 0.271 e. The Morgan fingerprint density at radius 2 is 1.93 bits per heavy atom. The fourth-order valence-electron chi connectivity index (χ4n) is 2.30. The number of carbonyl (C=O) groups is 1. The molecule has 0 atom stereocenters. The Morgan fingerprint density at radius 3 is 2.59 bits per heavy atom. The molecule has 0 bridgehead atoms. The van der Waals surface area contributed by atoms with Gasteiger partial charge >= 0.3 is 0 Å². The molecule has 1 amide bonds. The number of carbonyl (C=O) groups excluding carboxylic acids is 1. The Kier molecular flexibility index (Phi) is 5.83. The molecular formula is C19H16ClFN4O2. The quantitative estimate of drug-likeness (QED) is 0.670. The maximum absolute atomic E-state index is 12.9. The fraction of sp³-hybridized carbons (Fsp3) is 0.105. The molecular weight excluding hydrogens is 371 g/mol. The van der Waals surface area contributed by atoms with Gasteiger partial charge in [0.1, 0.15) is 23.1 Å². The molecule has 0 radical (unpaired) electrons. The maximum Gasteiger partial charge on any atom is 0.271 e. The van der Waals surface area contributed by atoms with Crippen LogP contribution in [0.1, 0.15) is 16.1 Å². The molecule has 2 N–H and O–H groups in total. The van der Waals surface area contributed by atoms with Gasteiger partial charge in [0.2, 0.25) is 0 Å². The molecule has 1 heterocycles. The van der Waals surface area contributed by atoms with Crippen molar-refractivity contribution in [1.29, 1.82) is 0 Å². The molecule has 0 aliphatic heterocycles. The molecule has 0 spiro atoms. The molecule has 3 aromatic rings. The van der Waals surface area contributed by atoms with Crippen LogP contribution in [0, 0.1) is 5.82 Å². The van der Waals surface area contributed by atoms with Crippen molar-refractivity contribution < 1.29 is 13.9 Å². The number of amides is 1. The third kappa shape index (κ3) is 4.92. The number of hydrogen-bond acceptors (Lipinski definition) is 5. The van der Waals surface area contributed by atoms with E-state index in [1.54, 1.807) is 37.4 Å². The van der Waals surface area contributed by atoms with Crippen LogP contribution in [0.5, 0.6) is 5.75 Å². The molecule has 8 heteroatoms. The van der Waals surface area contributed by atoms with E-state index in [2.05, 4.69) is 20.6 Å². The van der Waals surface area contributed by atoms with E-state index in [9.17, 15) is 9.18 Å². The minimum Gasteiger partial charge on any atom is -0.495 e. The largest absolute Gasteiger partial charge is 0.495 e. The lowest BCUT2D eigenvalue weighted by Gasteiger charge is -2.11. The Hall–Kier alpha value is -3.19. The Balaban J connectivity index is 1.63. The third-order valence-corrected chi connectivity index (χ3v) is 3.91. The van der Waals surface area contributed by atoms with Crippen LogP contribution >= 0.6 is 11.6 Å². The first-order valence-corrected chi connectivity index (χ1v) is 8.38. The first-order valence-electron chi connectivity index (χ1n) is 8.00. The number of rotatable bonds is 6. The minimum absolute atomic E-state index is 0.167. The van der Waals surface area contributed by atoms with Gasteiger partial charge < -0.3 is 15.4 Å². The van der Waals surface area contributed by atoms with Crippen molar-refractivity contribution in [3.8, 4) is 5.75 Å². The zero-order valence-electron chi connectivity index (χ0n) is 14.4. The van der Waals surface area contributed by atoms with Crippen molar-refractivity contribution in [2.75, 3.05) is 12.4 Å². The van der Waals surface area contributed by atoms with E-state index in [1.165, 1.54) is 24.5 Å². The van der Waals surface area contributed by atoms with E-state index < -0.39 is 0 Å². The van der Waals surface area contributed by atoms with Gasteiger partial charge in [0, 0.05) is 11.6 Å². The number of nitrogens with zero attached hydrogens (tertiary/aromatic N) is 2. The summed E-state index contributed by atoms with van der Waals surface area (Å²) in [5.74, 6) is 0.335. The molecule has 0 saturated heterocycles. The number of hydrogen-bond donors (Lipinski definition) is 2. The molecule has 0 saturated carbocycles. The van der Waals surface area contributed by atoms with E-state index in [1.807, 2.05) is 0 Å². The summed E-state index contributed by atoms with van der Waals surface area (Å²) in [6, 6.07) is 11.0. The number of halogens is 2. The summed E-state index contributed by atoms with van der Waals surface area (Å²) in [6.07, 6.45) is 2.80. The molecule has 3 rings (SSSR count). The lowest BCUT2D eigenvalue weighted by molar-refractivity contribution is 0.0945. The summed E-state index contributed by atoms with van der Waals surface area (Å²) in [5.41, 5.74) is 1.58. The predicted molar refractivity (Wildman–Crippen MR) is 101 cm³/mol. The van der Waals surface area contributed by atoms with Crippen LogP contribution < -0.4 is 15.4 Å². The van der Waals surface area contributed by atoms with E-state index in [4.69, 9.17) is 16.3 Å². The number of benzene rings is 2. The van der Waals surface area contributed by atoms with Crippen LogP contribution in [-0.4, -0.2) is 23.0 Å². The average molecular weight is 387 g/mol. The Labute approximate surface area is 160 Å². The summed E-state index contributed by atoms with van der Waals surface area (Å²) in [6.45, 7) is 0.264. The number of nitrogens with one attached hydrogen (secondary N) is 2. The first kappa shape index (κ1) is 18.6. The summed E-state index contributed by atoms with van der Waals surface area (Å²) >= 11 is 6.00. The monoisotopic (exact) mass is 386 g/mol. The summed E-state index contributed by atoms with van der Waals surface area (Å²) in [4.78, 5) is 20.4.